The van der Waals surface area contributed by atoms with Crippen molar-refractivity contribution in [3.05, 3.63) is 0 Å². The molecule has 0 aromatic rings. The minimum Gasteiger partial charge on any atom is -0.444 e. The summed E-state index contributed by atoms with van der Waals surface area (Å²) in [7, 11) is 0. The minimum absolute atomic E-state index is 0. The Morgan fingerprint density at radius 1 is 1.17 bits per heavy atom. The molecule has 0 aromatic carbocycles. The third-order valence-electron chi connectivity index (χ3n) is 1.80. The van der Waals surface area contributed by atoms with Crippen molar-refractivity contribution < 1.29 is 12.4 Å². The highest BCUT2D eigenvalue weighted by Gasteiger charge is 2.15. The molecule has 0 bridgehead atoms. The van der Waals surface area contributed by atoms with Crippen LogP contribution in [0.25, 0.3) is 0 Å². The van der Waals surface area contributed by atoms with E-state index in [2.05, 4.69) is 19.2 Å². The van der Waals surface area contributed by atoms with Crippen LogP contribution in [0.1, 0.15) is 69.6 Å². The van der Waals surface area contributed by atoms with E-state index in [4.69, 9.17) is 10.5 Å². The molecule has 0 atom stereocenters. The van der Waals surface area contributed by atoms with Gasteiger partial charge in [-0.3, -0.25) is 0 Å². The minimum atomic E-state index is -0.413. The van der Waals surface area contributed by atoms with Crippen LogP contribution in [0.3, 0.4) is 0 Å². The summed E-state index contributed by atoms with van der Waals surface area (Å²) in [5.74, 6) is 0. The van der Waals surface area contributed by atoms with Crippen molar-refractivity contribution in [2.24, 2.45) is 5.73 Å². The van der Waals surface area contributed by atoms with Gasteiger partial charge in [0.2, 0.25) is 0 Å². The monoisotopic (exact) mass is 264 g/mol. The lowest BCUT2D eigenvalue weighted by molar-refractivity contribution is 0.0527. The van der Waals surface area contributed by atoms with Gasteiger partial charge in [-0.2, -0.15) is 0 Å². The van der Waals surface area contributed by atoms with E-state index in [1.807, 2.05) is 20.8 Å². The third-order valence-corrected chi connectivity index (χ3v) is 1.80. The number of nitrogens with two attached hydrogens (primary N) is 1. The second-order valence-electron chi connectivity index (χ2n) is 5.34. The van der Waals surface area contributed by atoms with Crippen LogP contribution >= 0.6 is 0 Å². The summed E-state index contributed by atoms with van der Waals surface area (Å²) in [6, 6.07) is 0. The Labute approximate surface area is 116 Å². The van der Waals surface area contributed by atoms with Crippen LogP contribution in [0.5, 0.6) is 0 Å². The molecule has 0 saturated heterocycles. The molecule has 4 nitrogen and oxygen atoms in total. The number of amides is 1. The zero-order valence-electron chi connectivity index (χ0n) is 12.8. The van der Waals surface area contributed by atoms with Gasteiger partial charge in [0, 0.05) is 9.40 Å². The number of unbranched alkanes of at least 4 members (excludes halogenated alkanes) is 3. The standard InChI is InChI=1S/C11H24N2O2.C3H8.2H2/c1-11(2,3)15-10(14)13-9-7-5-4-6-8-12;1-3-2;;/h4-9,12H2,1-3H3,(H,13,14);3H2,1-2H3;2*1H. The fourth-order valence-electron chi connectivity index (χ4n) is 1.13. The van der Waals surface area contributed by atoms with Crippen LogP contribution in [0.15, 0.2) is 0 Å². The predicted octanol–water partition coefficient (Wildman–Crippen LogP) is 3.94. The molecule has 0 heterocycles. The van der Waals surface area contributed by atoms with E-state index in [9.17, 15) is 4.79 Å². The lowest BCUT2D eigenvalue weighted by Gasteiger charge is -2.19. The second-order valence-corrected chi connectivity index (χ2v) is 5.34. The highest BCUT2D eigenvalue weighted by atomic mass is 16.6. The molecule has 114 valence electrons. The zero-order valence-corrected chi connectivity index (χ0v) is 12.8. The van der Waals surface area contributed by atoms with Gasteiger partial charge in [-0.1, -0.05) is 33.1 Å². The van der Waals surface area contributed by atoms with Crippen molar-refractivity contribution in [3.63, 3.8) is 0 Å². The summed E-state index contributed by atoms with van der Waals surface area (Å²) in [5, 5.41) is 2.72. The van der Waals surface area contributed by atoms with E-state index in [0.717, 1.165) is 32.2 Å². The molecule has 0 spiro atoms. The number of ether oxygens (including phenoxy) is 1. The van der Waals surface area contributed by atoms with E-state index in [1.165, 1.54) is 6.42 Å². The van der Waals surface area contributed by atoms with Gasteiger partial charge in [-0.15, -0.1) is 0 Å². The van der Waals surface area contributed by atoms with Crippen LogP contribution in [-0.4, -0.2) is 24.8 Å². The molecule has 4 heteroatoms. The molecule has 0 unspecified atom stereocenters. The molecule has 0 aliphatic carbocycles. The second kappa shape index (κ2) is 12.7. The van der Waals surface area contributed by atoms with Crippen molar-refractivity contribution in [2.45, 2.75) is 72.3 Å². The van der Waals surface area contributed by atoms with Crippen molar-refractivity contribution >= 4 is 6.09 Å². The van der Waals surface area contributed by atoms with E-state index in [0.29, 0.717) is 6.54 Å². The van der Waals surface area contributed by atoms with Gasteiger partial charge in [0.05, 0.1) is 0 Å². The fourth-order valence-corrected chi connectivity index (χ4v) is 1.13. The maximum Gasteiger partial charge on any atom is 0.407 e. The van der Waals surface area contributed by atoms with Gasteiger partial charge in [0.15, 0.2) is 0 Å². The maximum atomic E-state index is 11.2. The van der Waals surface area contributed by atoms with Crippen molar-refractivity contribution in [1.82, 2.24) is 5.32 Å². The highest BCUT2D eigenvalue weighted by molar-refractivity contribution is 5.67. The molecule has 3 N–H and O–H groups in total. The first-order valence-corrected chi connectivity index (χ1v) is 7.04. The number of hydrogen-bond acceptors (Lipinski definition) is 3. The summed E-state index contributed by atoms with van der Waals surface area (Å²) >= 11 is 0. The lowest BCUT2D eigenvalue weighted by atomic mass is 10.2. The molecule has 0 aromatic heterocycles. The summed E-state index contributed by atoms with van der Waals surface area (Å²) in [4.78, 5) is 11.2. The van der Waals surface area contributed by atoms with Crippen LogP contribution < -0.4 is 11.1 Å². The van der Waals surface area contributed by atoms with E-state index < -0.39 is 5.60 Å². The molecule has 0 radical (unpaired) electrons. The molecule has 18 heavy (non-hydrogen) atoms. The number of alkyl carbamates (subject to hydrolysis) is 1. The Balaban J connectivity index is -0.000000233. The topological polar surface area (TPSA) is 64.3 Å². The van der Waals surface area contributed by atoms with Gasteiger partial charge in [0.25, 0.3) is 0 Å². The zero-order chi connectivity index (χ0) is 14.4. The van der Waals surface area contributed by atoms with Crippen molar-refractivity contribution in [3.8, 4) is 0 Å². The van der Waals surface area contributed by atoms with E-state index in [-0.39, 0.29) is 8.95 Å². The highest BCUT2D eigenvalue weighted by Crippen LogP contribution is 2.06. The largest absolute Gasteiger partial charge is 0.444 e. The lowest BCUT2D eigenvalue weighted by Crippen LogP contribution is -2.32. The number of hydrogen-bond donors (Lipinski definition) is 2. The quantitative estimate of drug-likeness (QED) is 0.714. The van der Waals surface area contributed by atoms with Crippen molar-refractivity contribution in [1.29, 1.82) is 0 Å². The average molecular weight is 264 g/mol. The smallest absolute Gasteiger partial charge is 0.407 e. The Kier molecular flexibility index (Phi) is 13.8. The molecule has 0 aliphatic heterocycles. The van der Waals surface area contributed by atoms with Gasteiger partial charge >= 0.3 is 6.09 Å². The fraction of sp³-hybridized carbons (Fsp3) is 0.929. The molecular formula is C14H36N2O2. The summed E-state index contributed by atoms with van der Waals surface area (Å²) in [6.07, 6.45) is 5.20. The normalized spacial score (nSPS) is 10.3. The average Bonchev–Trinajstić information content (AvgIpc) is 2.22. The maximum absolute atomic E-state index is 11.2. The molecule has 1 amide bonds. The van der Waals surface area contributed by atoms with Crippen molar-refractivity contribution in [2.75, 3.05) is 13.1 Å². The molecule has 0 rings (SSSR count). The Morgan fingerprint density at radius 3 is 2.11 bits per heavy atom. The third kappa shape index (κ3) is 20.6. The number of nitrogens with one attached hydrogen (secondary N) is 1. The van der Waals surface area contributed by atoms with Gasteiger partial charge in [0.1, 0.15) is 5.60 Å². The van der Waals surface area contributed by atoms with Crippen LogP contribution in [0, 0.1) is 0 Å². The van der Waals surface area contributed by atoms with E-state index in [1.54, 1.807) is 0 Å². The van der Waals surface area contributed by atoms with Crippen LogP contribution in [0.2, 0.25) is 0 Å². The molecule has 0 saturated carbocycles. The molecule has 0 aliphatic rings. The number of carbonyl (C=O) groups is 1. The molecular weight excluding hydrogens is 228 g/mol. The summed E-state index contributed by atoms with van der Waals surface area (Å²) in [6.45, 7) is 11.2. The number of rotatable bonds is 6. The Hall–Kier alpha value is -0.770. The first-order valence-electron chi connectivity index (χ1n) is 7.04. The number of carbonyl (C=O) groups excluding carboxylic acids is 1. The van der Waals surface area contributed by atoms with Gasteiger partial charge in [-0.25, -0.2) is 4.79 Å². The first-order chi connectivity index (χ1) is 8.37. The van der Waals surface area contributed by atoms with Gasteiger partial charge in [-0.05, 0) is 40.2 Å². The Morgan fingerprint density at radius 2 is 1.67 bits per heavy atom. The van der Waals surface area contributed by atoms with E-state index >= 15 is 0 Å². The van der Waals surface area contributed by atoms with Gasteiger partial charge < -0.3 is 15.8 Å². The summed E-state index contributed by atoms with van der Waals surface area (Å²) < 4.78 is 5.10. The van der Waals surface area contributed by atoms with Crippen LogP contribution in [-0.2, 0) is 4.74 Å². The summed E-state index contributed by atoms with van der Waals surface area (Å²) in [5.41, 5.74) is 4.96. The first kappa shape index (κ1) is 19.6. The Bertz CT molecular complexity index is 198. The van der Waals surface area contributed by atoms with Crippen LogP contribution in [0.4, 0.5) is 4.79 Å². The molecule has 0 fully saturated rings. The SMILES string of the molecule is CC(C)(C)OC(=O)NCCCCCCN.CCC.[HH].[HH]. The predicted molar refractivity (Wildman–Crippen MR) is 82.0 cm³/mol.